The summed E-state index contributed by atoms with van der Waals surface area (Å²) in [6.45, 7) is 6.02. The van der Waals surface area contributed by atoms with Crippen molar-refractivity contribution in [2.45, 2.75) is 33.2 Å². The third-order valence-corrected chi connectivity index (χ3v) is 2.70. The van der Waals surface area contributed by atoms with Gasteiger partial charge < -0.3 is 20.8 Å². The van der Waals surface area contributed by atoms with E-state index in [2.05, 4.69) is 24.5 Å². The number of rotatable bonds is 5. The predicted octanol–water partition coefficient (Wildman–Crippen LogP) is 2.65. The number of carbonyl (C=O) groups excluding carboxylic acids is 1. The Morgan fingerprint density at radius 1 is 1.25 bits per heavy atom. The first-order chi connectivity index (χ1) is 9.29. The maximum absolute atomic E-state index is 11.7. The van der Waals surface area contributed by atoms with E-state index in [1.165, 1.54) is 12.1 Å². The molecule has 1 rings (SSSR count). The Morgan fingerprint density at radius 2 is 1.90 bits per heavy atom. The van der Waals surface area contributed by atoms with Gasteiger partial charge in [-0.1, -0.05) is 13.8 Å². The molecular weight excluding hydrogens is 260 g/mol. The number of carbonyl (C=O) groups is 2. The normalized spacial score (nSPS) is 12.0. The van der Waals surface area contributed by atoms with Crippen LogP contribution in [0.15, 0.2) is 18.2 Å². The summed E-state index contributed by atoms with van der Waals surface area (Å²) in [7, 11) is 0. The van der Waals surface area contributed by atoms with Gasteiger partial charge in [-0.05, 0) is 37.5 Å². The first-order valence-electron chi connectivity index (χ1n) is 6.43. The minimum atomic E-state index is -1.14. The van der Waals surface area contributed by atoms with Crippen LogP contribution < -0.4 is 10.6 Å². The number of anilines is 1. The summed E-state index contributed by atoms with van der Waals surface area (Å²) in [6.07, 6.45) is 0.845. The second kappa shape index (κ2) is 6.79. The number of benzene rings is 1. The quantitative estimate of drug-likeness (QED) is 0.623. The van der Waals surface area contributed by atoms with Gasteiger partial charge >= 0.3 is 12.0 Å². The molecule has 20 heavy (non-hydrogen) atoms. The van der Waals surface area contributed by atoms with Gasteiger partial charge in [0.15, 0.2) is 0 Å². The van der Waals surface area contributed by atoms with Crippen LogP contribution in [-0.2, 0) is 0 Å². The molecule has 1 unspecified atom stereocenters. The van der Waals surface area contributed by atoms with Crippen molar-refractivity contribution in [2.75, 3.05) is 5.32 Å². The molecule has 1 aromatic rings. The molecule has 6 heteroatoms. The third kappa shape index (κ3) is 4.79. The first kappa shape index (κ1) is 15.8. The van der Waals surface area contributed by atoms with Crippen LogP contribution in [0.4, 0.5) is 10.5 Å². The van der Waals surface area contributed by atoms with E-state index in [4.69, 9.17) is 5.11 Å². The van der Waals surface area contributed by atoms with E-state index in [-0.39, 0.29) is 23.0 Å². The van der Waals surface area contributed by atoms with Crippen LogP contribution in [0.25, 0.3) is 0 Å². The highest BCUT2D eigenvalue weighted by Crippen LogP contribution is 2.24. The van der Waals surface area contributed by atoms with Crippen molar-refractivity contribution < 1.29 is 19.8 Å². The van der Waals surface area contributed by atoms with Gasteiger partial charge in [0, 0.05) is 6.04 Å². The molecule has 110 valence electrons. The lowest BCUT2D eigenvalue weighted by Crippen LogP contribution is -2.36. The second-order valence-corrected chi connectivity index (χ2v) is 5.17. The summed E-state index contributed by atoms with van der Waals surface area (Å²) in [5.41, 5.74) is 0.130. The number of carboxylic acid groups (broad SMARTS) is 1. The Bertz CT molecular complexity index is 500. The zero-order valence-corrected chi connectivity index (χ0v) is 11.8. The summed E-state index contributed by atoms with van der Waals surface area (Å²) in [5, 5.41) is 23.7. The fraction of sp³-hybridized carbons (Fsp3) is 0.429. The number of nitrogens with one attached hydrogen (secondary N) is 2. The molecule has 2 amide bonds. The Labute approximate surface area is 117 Å². The number of hydrogen-bond donors (Lipinski definition) is 4. The molecule has 0 aliphatic rings. The predicted molar refractivity (Wildman–Crippen MR) is 76.1 cm³/mol. The zero-order valence-electron chi connectivity index (χ0n) is 11.8. The number of phenols is 1. The number of amides is 2. The summed E-state index contributed by atoms with van der Waals surface area (Å²) < 4.78 is 0. The Balaban J connectivity index is 2.64. The summed E-state index contributed by atoms with van der Waals surface area (Å²) >= 11 is 0. The van der Waals surface area contributed by atoms with Crippen molar-refractivity contribution in [3.63, 3.8) is 0 Å². The molecule has 0 radical (unpaired) electrons. The Kier molecular flexibility index (Phi) is 5.37. The summed E-state index contributed by atoms with van der Waals surface area (Å²) in [5.74, 6) is -0.952. The highest BCUT2D eigenvalue weighted by molar-refractivity contribution is 5.93. The minimum Gasteiger partial charge on any atom is -0.506 e. The second-order valence-electron chi connectivity index (χ2n) is 5.17. The van der Waals surface area contributed by atoms with Crippen molar-refractivity contribution in [1.82, 2.24) is 5.32 Å². The van der Waals surface area contributed by atoms with E-state index >= 15 is 0 Å². The SMILES string of the molecule is CC(C)CC(C)NC(=O)Nc1ccc(C(=O)O)cc1O. The number of hydrogen-bond acceptors (Lipinski definition) is 3. The average molecular weight is 280 g/mol. The van der Waals surface area contributed by atoms with Gasteiger partial charge in [-0.2, -0.15) is 0 Å². The molecule has 0 heterocycles. The third-order valence-electron chi connectivity index (χ3n) is 2.70. The van der Waals surface area contributed by atoms with Gasteiger partial charge in [-0.15, -0.1) is 0 Å². The standard InChI is InChI=1S/C14H20N2O4/c1-8(2)6-9(3)15-14(20)16-11-5-4-10(13(18)19)7-12(11)17/h4-5,7-9,17H,6H2,1-3H3,(H,18,19)(H2,15,16,20). The number of aromatic hydroxyl groups is 1. The smallest absolute Gasteiger partial charge is 0.335 e. The topological polar surface area (TPSA) is 98.7 Å². The van der Waals surface area contributed by atoms with Gasteiger partial charge in [0.1, 0.15) is 5.75 Å². The van der Waals surface area contributed by atoms with E-state index in [9.17, 15) is 14.7 Å². The van der Waals surface area contributed by atoms with Gasteiger partial charge in [0.05, 0.1) is 11.3 Å². The van der Waals surface area contributed by atoms with E-state index in [1.54, 1.807) is 0 Å². The Hall–Kier alpha value is -2.24. The minimum absolute atomic E-state index is 0.00966. The number of urea groups is 1. The molecular formula is C14H20N2O4. The molecule has 4 N–H and O–H groups in total. The molecule has 6 nitrogen and oxygen atoms in total. The van der Waals surface area contributed by atoms with E-state index < -0.39 is 12.0 Å². The molecule has 0 aromatic heterocycles. The number of phenolic OH excluding ortho intramolecular Hbond substituents is 1. The van der Waals surface area contributed by atoms with Crippen LogP contribution in [0, 0.1) is 5.92 Å². The molecule has 0 fully saturated rings. The molecule has 0 aliphatic heterocycles. The van der Waals surface area contributed by atoms with Crippen LogP contribution in [0.5, 0.6) is 5.75 Å². The summed E-state index contributed by atoms with van der Waals surface area (Å²) in [6, 6.07) is 3.34. The molecule has 0 bridgehead atoms. The molecule has 0 saturated carbocycles. The first-order valence-corrected chi connectivity index (χ1v) is 6.43. The van der Waals surface area contributed by atoms with Gasteiger partial charge in [0.2, 0.25) is 0 Å². The average Bonchev–Trinajstić information content (AvgIpc) is 2.30. The van der Waals surface area contributed by atoms with Crippen LogP contribution in [0.3, 0.4) is 0 Å². The van der Waals surface area contributed by atoms with Gasteiger partial charge in [-0.3, -0.25) is 0 Å². The fourth-order valence-corrected chi connectivity index (χ4v) is 1.92. The highest BCUT2D eigenvalue weighted by atomic mass is 16.4. The van der Waals surface area contributed by atoms with Crippen molar-refractivity contribution in [3.05, 3.63) is 23.8 Å². The zero-order chi connectivity index (χ0) is 15.3. The maximum atomic E-state index is 11.7. The molecule has 0 aliphatic carbocycles. The maximum Gasteiger partial charge on any atom is 0.335 e. The van der Waals surface area contributed by atoms with E-state index in [0.717, 1.165) is 12.5 Å². The van der Waals surface area contributed by atoms with Crippen molar-refractivity contribution in [1.29, 1.82) is 0 Å². The van der Waals surface area contributed by atoms with Crippen molar-refractivity contribution in [3.8, 4) is 5.75 Å². The van der Waals surface area contributed by atoms with Crippen molar-refractivity contribution >= 4 is 17.7 Å². The largest absolute Gasteiger partial charge is 0.506 e. The van der Waals surface area contributed by atoms with Crippen LogP contribution >= 0.6 is 0 Å². The van der Waals surface area contributed by atoms with Crippen molar-refractivity contribution in [2.24, 2.45) is 5.92 Å². The van der Waals surface area contributed by atoms with Gasteiger partial charge in [-0.25, -0.2) is 9.59 Å². The van der Waals surface area contributed by atoms with E-state index in [0.29, 0.717) is 5.92 Å². The molecule has 0 spiro atoms. The number of carboxylic acids is 1. The molecule has 1 atom stereocenters. The van der Waals surface area contributed by atoms with E-state index in [1.807, 2.05) is 6.92 Å². The van der Waals surface area contributed by atoms with Gasteiger partial charge in [0.25, 0.3) is 0 Å². The van der Waals surface area contributed by atoms with Crippen LogP contribution in [0.1, 0.15) is 37.6 Å². The lowest BCUT2D eigenvalue weighted by atomic mass is 10.1. The lowest BCUT2D eigenvalue weighted by molar-refractivity contribution is 0.0696. The highest BCUT2D eigenvalue weighted by Gasteiger charge is 2.12. The molecule has 0 saturated heterocycles. The monoisotopic (exact) mass is 280 g/mol. The lowest BCUT2D eigenvalue weighted by Gasteiger charge is -2.16. The molecule has 1 aromatic carbocycles. The summed E-state index contributed by atoms with van der Waals surface area (Å²) in [4.78, 5) is 22.4. The Morgan fingerprint density at radius 3 is 2.40 bits per heavy atom. The fourth-order valence-electron chi connectivity index (χ4n) is 1.92. The number of aromatic carboxylic acids is 1. The van der Waals surface area contributed by atoms with Crippen LogP contribution in [0.2, 0.25) is 0 Å². The van der Waals surface area contributed by atoms with Crippen LogP contribution in [-0.4, -0.2) is 28.3 Å².